The van der Waals surface area contributed by atoms with Crippen molar-refractivity contribution in [3.63, 3.8) is 0 Å². The number of nitrogens with one attached hydrogen (secondary N) is 2. The SMILES string of the molecule is CCCNCC1=C(C(=O)OCC)C(c2ccc(-c3ccccc3)cc2)C2=C(CC(C)(C)CC2=O)N1. The third-order valence-corrected chi connectivity index (χ3v) is 6.70. The fourth-order valence-electron chi connectivity index (χ4n) is 5.16. The van der Waals surface area contributed by atoms with Gasteiger partial charge in [0.1, 0.15) is 0 Å². The summed E-state index contributed by atoms with van der Waals surface area (Å²) >= 11 is 0. The average Bonchev–Trinajstić information content (AvgIpc) is 2.83. The van der Waals surface area contributed by atoms with Crippen molar-refractivity contribution in [3.8, 4) is 11.1 Å². The second kappa shape index (κ2) is 10.6. The van der Waals surface area contributed by atoms with Crippen LogP contribution in [0.3, 0.4) is 0 Å². The van der Waals surface area contributed by atoms with Gasteiger partial charge in [-0.1, -0.05) is 75.4 Å². The highest BCUT2D eigenvalue weighted by Gasteiger charge is 2.43. The Morgan fingerprint density at radius 3 is 2.37 bits per heavy atom. The van der Waals surface area contributed by atoms with Gasteiger partial charge in [-0.3, -0.25) is 4.79 Å². The lowest BCUT2D eigenvalue weighted by molar-refractivity contribution is -0.138. The van der Waals surface area contributed by atoms with E-state index in [4.69, 9.17) is 4.74 Å². The molecule has 1 unspecified atom stereocenters. The Morgan fingerprint density at radius 1 is 1.03 bits per heavy atom. The molecule has 5 nitrogen and oxygen atoms in total. The molecule has 0 spiro atoms. The van der Waals surface area contributed by atoms with Gasteiger partial charge in [0.15, 0.2) is 5.78 Å². The van der Waals surface area contributed by atoms with Crippen LogP contribution in [0.5, 0.6) is 0 Å². The molecule has 2 aromatic carbocycles. The van der Waals surface area contributed by atoms with Gasteiger partial charge in [-0.2, -0.15) is 0 Å². The molecule has 0 saturated carbocycles. The minimum atomic E-state index is -0.447. The van der Waals surface area contributed by atoms with E-state index in [-0.39, 0.29) is 23.8 Å². The van der Waals surface area contributed by atoms with Crippen molar-refractivity contribution in [1.29, 1.82) is 0 Å². The number of esters is 1. The van der Waals surface area contributed by atoms with Crippen LogP contribution in [0.25, 0.3) is 11.1 Å². The number of ketones is 1. The summed E-state index contributed by atoms with van der Waals surface area (Å²) in [5.41, 5.74) is 6.01. The molecule has 0 bridgehead atoms. The third kappa shape index (κ3) is 5.40. The van der Waals surface area contributed by atoms with E-state index in [0.717, 1.165) is 47.5 Å². The molecular weight excluding hydrogens is 436 g/mol. The highest BCUT2D eigenvalue weighted by Crippen LogP contribution is 2.47. The average molecular weight is 473 g/mol. The first-order valence-corrected chi connectivity index (χ1v) is 12.6. The van der Waals surface area contributed by atoms with Crippen molar-refractivity contribution in [3.05, 3.63) is 82.7 Å². The van der Waals surface area contributed by atoms with Gasteiger partial charge in [-0.05, 0) is 48.4 Å². The van der Waals surface area contributed by atoms with E-state index in [2.05, 4.69) is 55.7 Å². The van der Waals surface area contributed by atoms with Crippen LogP contribution >= 0.6 is 0 Å². The fraction of sp³-hybridized carbons (Fsp3) is 0.400. The van der Waals surface area contributed by atoms with Gasteiger partial charge >= 0.3 is 5.97 Å². The largest absolute Gasteiger partial charge is 0.463 e. The molecule has 4 rings (SSSR count). The van der Waals surface area contributed by atoms with Crippen LogP contribution in [-0.4, -0.2) is 31.4 Å². The number of hydrogen-bond acceptors (Lipinski definition) is 5. The molecule has 1 aliphatic carbocycles. The van der Waals surface area contributed by atoms with Gasteiger partial charge in [0.2, 0.25) is 0 Å². The molecule has 1 atom stereocenters. The predicted octanol–water partition coefficient (Wildman–Crippen LogP) is 5.50. The summed E-state index contributed by atoms with van der Waals surface area (Å²) in [5, 5.41) is 6.93. The van der Waals surface area contributed by atoms with E-state index in [1.54, 1.807) is 0 Å². The van der Waals surface area contributed by atoms with Gasteiger partial charge in [0.25, 0.3) is 0 Å². The topological polar surface area (TPSA) is 67.4 Å². The lowest BCUT2D eigenvalue weighted by Crippen LogP contribution is -2.41. The van der Waals surface area contributed by atoms with E-state index in [1.165, 1.54) is 0 Å². The van der Waals surface area contributed by atoms with E-state index >= 15 is 0 Å². The molecule has 184 valence electrons. The zero-order valence-electron chi connectivity index (χ0n) is 21.2. The summed E-state index contributed by atoms with van der Waals surface area (Å²) in [7, 11) is 0. The number of carbonyl (C=O) groups excluding carboxylic acids is 2. The molecule has 0 amide bonds. The number of rotatable bonds is 8. The molecule has 1 heterocycles. The zero-order valence-corrected chi connectivity index (χ0v) is 21.2. The van der Waals surface area contributed by atoms with Gasteiger partial charge in [-0.15, -0.1) is 0 Å². The number of dihydropyridines is 1. The van der Waals surface area contributed by atoms with Crippen LogP contribution < -0.4 is 10.6 Å². The Hall–Kier alpha value is -3.18. The highest BCUT2D eigenvalue weighted by molar-refractivity contribution is 6.04. The molecule has 0 fully saturated rings. The maximum atomic E-state index is 13.5. The Bertz CT molecular complexity index is 1140. The number of benzene rings is 2. The van der Waals surface area contributed by atoms with Crippen molar-refractivity contribution in [2.45, 2.75) is 52.9 Å². The van der Waals surface area contributed by atoms with Crippen LogP contribution in [0.4, 0.5) is 0 Å². The Morgan fingerprint density at radius 2 is 1.71 bits per heavy atom. The second-order valence-corrected chi connectivity index (χ2v) is 10.2. The van der Waals surface area contributed by atoms with Crippen molar-refractivity contribution >= 4 is 11.8 Å². The lowest BCUT2D eigenvalue weighted by Gasteiger charge is -2.40. The first kappa shape index (κ1) is 24.9. The predicted molar refractivity (Wildman–Crippen MR) is 140 cm³/mol. The molecule has 0 aromatic heterocycles. The standard InChI is InChI=1S/C30H36N2O3/c1-5-16-31-19-24-28(29(34)35-6-2)26(27-23(32-24)17-30(3,4)18-25(27)33)22-14-12-21(13-15-22)20-10-8-7-9-11-20/h7-15,26,31-32H,5-6,16-19H2,1-4H3. The van der Waals surface area contributed by atoms with Gasteiger partial charge in [0, 0.05) is 35.9 Å². The number of hydrogen-bond donors (Lipinski definition) is 2. The lowest BCUT2D eigenvalue weighted by atomic mass is 9.68. The van der Waals surface area contributed by atoms with Crippen molar-refractivity contribution < 1.29 is 14.3 Å². The quantitative estimate of drug-likeness (QED) is 0.392. The molecule has 0 radical (unpaired) electrons. The maximum Gasteiger partial charge on any atom is 0.336 e. The fourth-order valence-corrected chi connectivity index (χ4v) is 5.16. The Kier molecular flexibility index (Phi) is 7.56. The summed E-state index contributed by atoms with van der Waals surface area (Å²) in [6.45, 7) is 9.82. The third-order valence-electron chi connectivity index (χ3n) is 6.70. The zero-order chi connectivity index (χ0) is 25.0. The minimum absolute atomic E-state index is 0.100. The van der Waals surface area contributed by atoms with E-state index in [9.17, 15) is 9.59 Å². The first-order valence-electron chi connectivity index (χ1n) is 12.6. The molecule has 2 aliphatic rings. The molecule has 35 heavy (non-hydrogen) atoms. The Labute approximate surface area is 208 Å². The normalized spacial score (nSPS) is 19.3. The van der Waals surface area contributed by atoms with Crippen LogP contribution in [-0.2, 0) is 14.3 Å². The number of carbonyl (C=O) groups is 2. The van der Waals surface area contributed by atoms with Crippen LogP contribution in [0.2, 0.25) is 0 Å². The van der Waals surface area contributed by atoms with Crippen molar-refractivity contribution in [2.75, 3.05) is 19.7 Å². The summed E-state index contributed by atoms with van der Waals surface area (Å²) in [6, 6.07) is 18.4. The monoisotopic (exact) mass is 472 g/mol. The van der Waals surface area contributed by atoms with Crippen molar-refractivity contribution in [1.82, 2.24) is 10.6 Å². The first-order chi connectivity index (χ1) is 16.8. The van der Waals surface area contributed by atoms with Gasteiger partial charge < -0.3 is 15.4 Å². The molecule has 2 N–H and O–H groups in total. The molecular formula is C30H36N2O3. The summed E-state index contributed by atoms with van der Waals surface area (Å²) in [5.74, 6) is -0.713. The second-order valence-electron chi connectivity index (χ2n) is 10.2. The van der Waals surface area contributed by atoms with Gasteiger partial charge in [0.05, 0.1) is 12.2 Å². The Balaban J connectivity index is 1.83. The maximum absolute atomic E-state index is 13.5. The molecule has 5 heteroatoms. The van der Waals surface area contributed by atoms with Gasteiger partial charge in [-0.25, -0.2) is 4.79 Å². The van der Waals surface area contributed by atoms with Crippen LogP contribution in [0.15, 0.2) is 77.1 Å². The minimum Gasteiger partial charge on any atom is -0.463 e. The molecule has 1 aliphatic heterocycles. The summed E-state index contributed by atoms with van der Waals surface area (Å²) in [4.78, 5) is 26.9. The van der Waals surface area contributed by atoms with E-state index < -0.39 is 5.92 Å². The summed E-state index contributed by atoms with van der Waals surface area (Å²) < 4.78 is 5.52. The van der Waals surface area contributed by atoms with Crippen LogP contribution in [0.1, 0.15) is 58.4 Å². The number of allylic oxidation sites excluding steroid dienone is 2. The summed E-state index contributed by atoms with van der Waals surface area (Å²) in [6.07, 6.45) is 2.22. The number of ether oxygens (including phenoxy) is 1. The highest BCUT2D eigenvalue weighted by atomic mass is 16.5. The van der Waals surface area contributed by atoms with E-state index in [0.29, 0.717) is 24.1 Å². The van der Waals surface area contributed by atoms with E-state index in [1.807, 2.05) is 37.3 Å². The molecule has 2 aromatic rings. The number of Topliss-reactive ketones (excluding diaryl/α,β-unsaturated/α-hetero) is 1. The van der Waals surface area contributed by atoms with Crippen LogP contribution in [0, 0.1) is 5.41 Å². The van der Waals surface area contributed by atoms with Crippen molar-refractivity contribution in [2.24, 2.45) is 5.41 Å². The smallest absolute Gasteiger partial charge is 0.336 e. The molecule has 0 saturated heterocycles.